The molecule has 0 radical (unpaired) electrons. The molecule has 0 aliphatic heterocycles. The van der Waals surface area contributed by atoms with Crippen molar-refractivity contribution in [3.05, 3.63) is 23.2 Å². The van der Waals surface area contributed by atoms with Gasteiger partial charge in [-0.25, -0.2) is 15.0 Å². The number of halogens is 1. The van der Waals surface area contributed by atoms with Crippen molar-refractivity contribution < 1.29 is 0 Å². The van der Waals surface area contributed by atoms with Gasteiger partial charge in [0, 0.05) is 12.4 Å². The summed E-state index contributed by atoms with van der Waals surface area (Å²) < 4.78 is 2.21. The summed E-state index contributed by atoms with van der Waals surface area (Å²) in [6, 6.07) is 0. The number of hydrogen-bond donors (Lipinski definition) is 1. The quantitative estimate of drug-likeness (QED) is 0.781. The first-order valence-electron chi connectivity index (χ1n) is 3.41. The lowest BCUT2D eigenvalue weighted by molar-refractivity contribution is 0.808. The maximum absolute atomic E-state index is 5.34. The SMILES string of the molecule is Nc1ncn(-c2ncc(Br)cn2)n1. The van der Waals surface area contributed by atoms with Crippen LogP contribution in [0, 0.1) is 0 Å². The van der Waals surface area contributed by atoms with Crippen molar-refractivity contribution >= 4 is 21.9 Å². The van der Waals surface area contributed by atoms with Crippen LogP contribution in [-0.4, -0.2) is 24.7 Å². The summed E-state index contributed by atoms with van der Waals surface area (Å²) >= 11 is 3.23. The molecular weight excluding hydrogens is 236 g/mol. The summed E-state index contributed by atoms with van der Waals surface area (Å²) in [5.41, 5.74) is 5.34. The van der Waals surface area contributed by atoms with Gasteiger partial charge < -0.3 is 5.73 Å². The van der Waals surface area contributed by atoms with Crippen LogP contribution in [0.3, 0.4) is 0 Å². The normalized spacial score (nSPS) is 10.2. The molecule has 0 atom stereocenters. The summed E-state index contributed by atoms with van der Waals surface area (Å²) in [5, 5.41) is 3.85. The Bertz CT molecular complexity index is 407. The standard InChI is InChI=1S/C6H5BrN6/c7-4-1-9-6(10-2-4)13-3-11-5(8)12-13/h1-3H,(H2,8,12). The van der Waals surface area contributed by atoms with Gasteiger partial charge in [0.25, 0.3) is 5.95 Å². The molecule has 0 unspecified atom stereocenters. The molecule has 2 rings (SSSR count). The van der Waals surface area contributed by atoms with Crippen molar-refractivity contribution in [2.75, 3.05) is 5.73 Å². The Morgan fingerprint density at radius 3 is 2.46 bits per heavy atom. The minimum Gasteiger partial charge on any atom is -0.366 e. The third-order valence-corrected chi connectivity index (χ3v) is 1.73. The van der Waals surface area contributed by atoms with Crippen LogP contribution in [0.1, 0.15) is 0 Å². The van der Waals surface area contributed by atoms with Crippen LogP contribution >= 0.6 is 15.9 Å². The van der Waals surface area contributed by atoms with E-state index in [0.29, 0.717) is 5.95 Å². The molecule has 2 N–H and O–H groups in total. The van der Waals surface area contributed by atoms with Crippen LogP contribution in [0.25, 0.3) is 5.95 Å². The van der Waals surface area contributed by atoms with Gasteiger partial charge in [-0.3, -0.25) is 0 Å². The molecule has 2 aromatic rings. The lowest BCUT2D eigenvalue weighted by Gasteiger charge is -1.95. The highest BCUT2D eigenvalue weighted by molar-refractivity contribution is 9.10. The number of nitrogens with zero attached hydrogens (tertiary/aromatic N) is 5. The Kier molecular flexibility index (Phi) is 1.93. The van der Waals surface area contributed by atoms with E-state index in [1.807, 2.05) is 0 Å². The second kappa shape index (κ2) is 3.09. The molecule has 0 aromatic carbocycles. The van der Waals surface area contributed by atoms with E-state index in [-0.39, 0.29) is 5.95 Å². The molecule has 0 amide bonds. The lowest BCUT2D eigenvalue weighted by atomic mass is 10.7. The van der Waals surface area contributed by atoms with E-state index in [2.05, 4.69) is 36.0 Å². The molecule has 2 heterocycles. The number of hydrogen-bond acceptors (Lipinski definition) is 5. The molecule has 0 aliphatic rings. The van der Waals surface area contributed by atoms with Crippen molar-refractivity contribution in [1.29, 1.82) is 0 Å². The molecule has 2 aromatic heterocycles. The summed E-state index contributed by atoms with van der Waals surface area (Å²) in [6.45, 7) is 0. The van der Waals surface area contributed by atoms with Crippen molar-refractivity contribution in [3.8, 4) is 5.95 Å². The van der Waals surface area contributed by atoms with Crippen molar-refractivity contribution in [2.24, 2.45) is 0 Å². The number of rotatable bonds is 1. The molecule has 0 fully saturated rings. The fraction of sp³-hybridized carbons (Fsp3) is 0. The fourth-order valence-corrected chi connectivity index (χ4v) is 1.00. The minimum atomic E-state index is 0.200. The number of nitrogens with two attached hydrogens (primary N) is 1. The van der Waals surface area contributed by atoms with E-state index in [1.54, 1.807) is 12.4 Å². The molecule has 0 bridgehead atoms. The second-order valence-electron chi connectivity index (χ2n) is 2.25. The van der Waals surface area contributed by atoms with Gasteiger partial charge >= 0.3 is 0 Å². The van der Waals surface area contributed by atoms with Gasteiger partial charge in [-0.1, -0.05) is 0 Å². The maximum atomic E-state index is 5.34. The van der Waals surface area contributed by atoms with E-state index in [0.717, 1.165) is 4.47 Å². The van der Waals surface area contributed by atoms with Crippen LogP contribution in [-0.2, 0) is 0 Å². The topological polar surface area (TPSA) is 82.5 Å². The largest absolute Gasteiger partial charge is 0.366 e. The number of nitrogen functional groups attached to an aromatic ring is 1. The third-order valence-electron chi connectivity index (χ3n) is 1.32. The molecule has 0 saturated heterocycles. The number of aromatic nitrogens is 5. The van der Waals surface area contributed by atoms with E-state index >= 15 is 0 Å². The summed E-state index contributed by atoms with van der Waals surface area (Å²) in [6.07, 6.45) is 4.71. The summed E-state index contributed by atoms with van der Waals surface area (Å²) in [4.78, 5) is 11.8. The van der Waals surface area contributed by atoms with E-state index < -0.39 is 0 Å². The van der Waals surface area contributed by atoms with Gasteiger partial charge in [0.15, 0.2) is 0 Å². The average Bonchev–Trinajstić information content (AvgIpc) is 2.53. The molecule has 6 nitrogen and oxygen atoms in total. The van der Waals surface area contributed by atoms with Gasteiger partial charge in [0.2, 0.25) is 5.95 Å². The Labute approximate surface area is 82.0 Å². The van der Waals surface area contributed by atoms with Crippen molar-refractivity contribution in [1.82, 2.24) is 24.7 Å². The van der Waals surface area contributed by atoms with Crippen LogP contribution in [0.5, 0.6) is 0 Å². The first-order valence-corrected chi connectivity index (χ1v) is 4.20. The summed E-state index contributed by atoms with van der Waals surface area (Å²) in [5.74, 6) is 0.638. The van der Waals surface area contributed by atoms with Gasteiger partial charge in [-0.15, -0.1) is 5.10 Å². The van der Waals surface area contributed by atoms with Crippen LogP contribution in [0.2, 0.25) is 0 Å². The first-order chi connectivity index (χ1) is 6.25. The van der Waals surface area contributed by atoms with Gasteiger partial charge in [0.05, 0.1) is 4.47 Å². The molecule has 7 heteroatoms. The Morgan fingerprint density at radius 1 is 1.23 bits per heavy atom. The highest BCUT2D eigenvalue weighted by atomic mass is 79.9. The monoisotopic (exact) mass is 240 g/mol. The molecule has 0 spiro atoms. The molecule has 13 heavy (non-hydrogen) atoms. The molecule has 0 saturated carbocycles. The maximum Gasteiger partial charge on any atom is 0.252 e. The first kappa shape index (κ1) is 8.11. The highest BCUT2D eigenvalue weighted by Crippen LogP contribution is 2.06. The predicted molar refractivity (Wildman–Crippen MR) is 49.1 cm³/mol. The van der Waals surface area contributed by atoms with E-state index in [1.165, 1.54) is 11.0 Å². The van der Waals surface area contributed by atoms with Crippen LogP contribution < -0.4 is 5.73 Å². The lowest BCUT2D eigenvalue weighted by Crippen LogP contribution is -2.01. The minimum absolute atomic E-state index is 0.200. The van der Waals surface area contributed by atoms with Crippen LogP contribution in [0.15, 0.2) is 23.2 Å². The molecule has 0 aliphatic carbocycles. The average molecular weight is 241 g/mol. The molecule has 66 valence electrons. The third kappa shape index (κ3) is 1.64. The number of anilines is 1. The zero-order valence-electron chi connectivity index (χ0n) is 6.42. The van der Waals surface area contributed by atoms with E-state index in [9.17, 15) is 0 Å². The second-order valence-corrected chi connectivity index (χ2v) is 3.16. The van der Waals surface area contributed by atoms with Gasteiger partial charge in [-0.2, -0.15) is 4.68 Å². The zero-order valence-corrected chi connectivity index (χ0v) is 8.01. The van der Waals surface area contributed by atoms with Gasteiger partial charge in [-0.05, 0) is 15.9 Å². The Morgan fingerprint density at radius 2 is 1.92 bits per heavy atom. The fourth-order valence-electron chi connectivity index (χ4n) is 0.796. The van der Waals surface area contributed by atoms with Crippen molar-refractivity contribution in [3.63, 3.8) is 0 Å². The zero-order chi connectivity index (χ0) is 9.26. The smallest absolute Gasteiger partial charge is 0.252 e. The van der Waals surface area contributed by atoms with E-state index in [4.69, 9.17) is 5.73 Å². The summed E-state index contributed by atoms with van der Waals surface area (Å²) in [7, 11) is 0. The predicted octanol–water partition coefficient (Wildman–Crippen LogP) is 0.402. The van der Waals surface area contributed by atoms with Crippen LogP contribution in [0.4, 0.5) is 5.95 Å². The van der Waals surface area contributed by atoms with Gasteiger partial charge in [0.1, 0.15) is 6.33 Å². The highest BCUT2D eigenvalue weighted by Gasteiger charge is 2.01. The van der Waals surface area contributed by atoms with Crippen molar-refractivity contribution in [2.45, 2.75) is 0 Å². The Hall–Kier alpha value is -1.50. The molecular formula is C6H5BrN6. The Balaban J connectivity index is 2.41.